The Kier molecular flexibility index (Phi) is 6.60. The van der Waals surface area contributed by atoms with Crippen molar-refractivity contribution in [2.24, 2.45) is 5.10 Å². The molecule has 3 aromatic carbocycles. The highest BCUT2D eigenvalue weighted by molar-refractivity contribution is 6.30. The lowest BCUT2D eigenvalue weighted by molar-refractivity contribution is 0.0734. The maximum atomic E-state index is 12.2. The van der Waals surface area contributed by atoms with E-state index in [1.54, 1.807) is 72.8 Å². The van der Waals surface area contributed by atoms with E-state index in [2.05, 4.69) is 10.5 Å². The average molecular weight is 409 g/mol. The molecule has 1 amide bonds. The Labute approximate surface area is 172 Å². The molecule has 0 saturated carbocycles. The number of rotatable bonds is 6. The van der Waals surface area contributed by atoms with Crippen LogP contribution in [0.1, 0.15) is 26.3 Å². The van der Waals surface area contributed by atoms with Gasteiger partial charge in [0.1, 0.15) is 11.5 Å². The lowest BCUT2D eigenvalue weighted by atomic mass is 10.2. The van der Waals surface area contributed by atoms with E-state index in [9.17, 15) is 9.59 Å². The van der Waals surface area contributed by atoms with Gasteiger partial charge in [0, 0.05) is 10.6 Å². The van der Waals surface area contributed by atoms with E-state index in [4.69, 9.17) is 21.1 Å². The van der Waals surface area contributed by atoms with E-state index in [1.165, 1.54) is 13.3 Å². The second-order valence-electron chi connectivity index (χ2n) is 5.90. The van der Waals surface area contributed by atoms with Crippen LogP contribution in [0.4, 0.5) is 0 Å². The first-order chi connectivity index (χ1) is 14.0. The first kappa shape index (κ1) is 20.1. The summed E-state index contributed by atoms with van der Waals surface area (Å²) >= 11 is 5.82. The van der Waals surface area contributed by atoms with Crippen molar-refractivity contribution in [3.63, 3.8) is 0 Å². The smallest absolute Gasteiger partial charge is 0.343 e. The molecule has 7 heteroatoms. The maximum absolute atomic E-state index is 12.2. The van der Waals surface area contributed by atoms with Crippen LogP contribution < -0.4 is 14.9 Å². The zero-order valence-corrected chi connectivity index (χ0v) is 16.2. The minimum absolute atomic E-state index is 0.355. The van der Waals surface area contributed by atoms with E-state index in [1.807, 2.05) is 0 Å². The summed E-state index contributed by atoms with van der Waals surface area (Å²) in [4.78, 5) is 24.3. The summed E-state index contributed by atoms with van der Waals surface area (Å²) in [5.41, 5.74) is 3.91. The molecule has 29 heavy (non-hydrogen) atoms. The fourth-order valence-electron chi connectivity index (χ4n) is 2.40. The molecule has 0 saturated heterocycles. The first-order valence-corrected chi connectivity index (χ1v) is 8.98. The van der Waals surface area contributed by atoms with Crippen LogP contribution in [0.3, 0.4) is 0 Å². The zero-order valence-electron chi connectivity index (χ0n) is 15.5. The Balaban J connectivity index is 1.62. The number of carbonyl (C=O) groups excluding carboxylic acids is 2. The second-order valence-corrected chi connectivity index (χ2v) is 6.34. The van der Waals surface area contributed by atoms with Gasteiger partial charge in [-0.3, -0.25) is 4.79 Å². The van der Waals surface area contributed by atoms with Crippen molar-refractivity contribution in [1.29, 1.82) is 0 Å². The van der Waals surface area contributed by atoms with E-state index >= 15 is 0 Å². The summed E-state index contributed by atoms with van der Waals surface area (Å²) < 4.78 is 10.5. The van der Waals surface area contributed by atoms with Crippen LogP contribution in [-0.4, -0.2) is 25.2 Å². The highest BCUT2D eigenvalue weighted by atomic mass is 35.5. The summed E-state index contributed by atoms with van der Waals surface area (Å²) in [5, 5.41) is 4.48. The van der Waals surface area contributed by atoms with E-state index < -0.39 is 5.97 Å². The Morgan fingerprint density at radius 2 is 1.66 bits per heavy atom. The van der Waals surface area contributed by atoms with Crippen LogP contribution in [0.5, 0.6) is 11.5 Å². The summed E-state index contributed by atoms with van der Waals surface area (Å²) in [6.45, 7) is 0. The summed E-state index contributed by atoms with van der Waals surface area (Å²) in [6, 6.07) is 19.9. The second kappa shape index (κ2) is 9.52. The number of nitrogens with zero attached hydrogens (tertiary/aromatic N) is 1. The monoisotopic (exact) mass is 408 g/mol. The van der Waals surface area contributed by atoms with Crippen LogP contribution in [0.2, 0.25) is 5.02 Å². The number of methoxy groups -OCH3 is 1. The Morgan fingerprint density at radius 3 is 2.41 bits per heavy atom. The summed E-state index contributed by atoms with van der Waals surface area (Å²) in [6.07, 6.45) is 1.46. The van der Waals surface area contributed by atoms with E-state index in [-0.39, 0.29) is 5.91 Å². The SMILES string of the molecule is COc1cccc(C(=O)N/N=C/c2cccc(OC(=O)c3ccc(Cl)cc3)c2)c1. The van der Waals surface area contributed by atoms with Crippen molar-refractivity contribution in [3.8, 4) is 11.5 Å². The minimum atomic E-state index is -0.498. The molecule has 0 bridgehead atoms. The largest absolute Gasteiger partial charge is 0.497 e. The summed E-state index contributed by atoms with van der Waals surface area (Å²) in [7, 11) is 1.53. The normalized spacial score (nSPS) is 10.6. The quantitative estimate of drug-likeness (QED) is 0.285. The van der Waals surface area contributed by atoms with Crippen molar-refractivity contribution in [2.75, 3.05) is 7.11 Å². The molecule has 6 nitrogen and oxygen atoms in total. The molecule has 0 aliphatic rings. The van der Waals surface area contributed by atoms with Crippen LogP contribution >= 0.6 is 11.6 Å². The van der Waals surface area contributed by atoms with Gasteiger partial charge in [0.05, 0.1) is 18.9 Å². The number of esters is 1. The van der Waals surface area contributed by atoms with Gasteiger partial charge in [-0.2, -0.15) is 5.10 Å². The molecule has 0 fully saturated rings. The van der Waals surface area contributed by atoms with Gasteiger partial charge in [-0.15, -0.1) is 0 Å². The number of hydrazone groups is 1. The van der Waals surface area contributed by atoms with Gasteiger partial charge in [-0.05, 0) is 60.2 Å². The summed E-state index contributed by atoms with van der Waals surface area (Å²) in [5.74, 6) is 0.0670. The van der Waals surface area contributed by atoms with Gasteiger partial charge in [0.2, 0.25) is 0 Å². The van der Waals surface area contributed by atoms with Crippen molar-refractivity contribution >= 4 is 29.7 Å². The van der Waals surface area contributed by atoms with Gasteiger partial charge >= 0.3 is 5.97 Å². The van der Waals surface area contributed by atoms with E-state index in [0.717, 1.165) is 0 Å². The van der Waals surface area contributed by atoms with E-state index in [0.29, 0.717) is 33.2 Å². The number of halogens is 1. The molecular weight excluding hydrogens is 392 g/mol. The third kappa shape index (κ3) is 5.67. The third-order valence-electron chi connectivity index (χ3n) is 3.86. The number of nitrogens with one attached hydrogen (secondary N) is 1. The van der Waals surface area contributed by atoms with Crippen LogP contribution in [0.15, 0.2) is 77.9 Å². The fraction of sp³-hybridized carbons (Fsp3) is 0.0455. The minimum Gasteiger partial charge on any atom is -0.497 e. The van der Waals surface area contributed by atoms with Gasteiger partial charge in [0.25, 0.3) is 5.91 Å². The van der Waals surface area contributed by atoms with Crippen LogP contribution in [0, 0.1) is 0 Å². The molecule has 0 heterocycles. The van der Waals surface area contributed by atoms with Gasteiger partial charge in [-0.1, -0.05) is 29.8 Å². The molecule has 0 unspecified atom stereocenters. The number of carbonyl (C=O) groups is 2. The van der Waals surface area contributed by atoms with Crippen LogP contribution in [0.25, 0.3) is 0 Å². The first-order valence-electron chi connectivity index (χ1n) is 8.60. The average Bonchev–Trinajstić information content (AvgIpc) is 2.74. The molecule has 0 radical (unpaired) electrons. The van der Waals surface area contributed by atoms with Gasteiger partial charge in [-0.25, -0.2) is 10.2 Å². The predicted molar refractivity (Wildman–Crippen MR) is 111 cm³/mol. The molecule has 3 aromatic rings. The lowest BCUT2D eigenvalue weighted by Gasteiger charge is -2.05. The maximum Gasteiger partial charge on any atom is 0.343 e. The van der Waals surface area contributed by atoms with Gasteiger partial charge < -0.3 is 9.47 Å². The number of ether oxygens (including phenoxy) is 2. The van der Waals surface area contributed by atoms with Crippen molar-refractivity contribution < 1.29 is 19.1 Å². The number of hydrogen-bond acceptors (Lipinski definition) is 5. The van der Waals surface area contributed by atoms with Gasteiger partial charge in [0.15, 0.2) is 0 Å². The molecule has 1 N–H and O–H groups in total. The molecule has 0 aromatic heterocycles. The Hall–Kier alpha value is -3.64. The van der Waals surface area contributed by atoms with Crippen molar-refractivity contribution in [3.05, 3.63) is 94.5 Å². The fourth-order valence-corrected chi connectivity index (χ4v) is 2.53. The zero-order chi connectivity index (χ0) is 20.6. The molecular formula is C22H17ClN2O4. The number of hydrogen-bond donors (Lipinski definition) is 1. The molecule has 0 spiro atoms. The molecule has 3 rings (SSSR count). The highest BCUT2D eigenvalue weighted by Gasteiger charge is 2.09. The molecule has 146 valence electrons. The highest BCUT2D eigenvalue weighted by Crippen LogP contribution is 2.16. The number of benzene rings is 3. The predicted octanol–water partition coefficient (Wildman–Crippen LogP) is 4.33. The van der Waals surface area contributed by atoms with Crippen molar-refractivity contribution in [1.82, 2.24) is 5.43 Å². The lowest BCUT2D eigenvalue weighted by Crippen LogP contribution is -2.17. The topological polar surface area (TPSA) is 77.0 Å². The Bertz CT molecular complexity index is 1050. The van der Waals surface area contributed by atoms with Crippen molar-refractivity contribution in [2.45, 2.75) is 0 Å². The van der Waals surface area contributed by atoms with Crippen LogP contribution in [-0.2, 0) is 0 Å². The molecule has 0 aliphatic heterocycles. The third-order valence-corrected chi connectivity index (χ3v) is 4.11. The Morgan fingerprint density at radius 1 is 0.931 bits per heavy atom. The molecule has 0 atom stereocenters. The number of amides is 1. The molecule has 0 aliphatic carbocycles. The standard InChI is InChI=1S/C22H17ClN2O4/c1-28-19-6-3-5-17(13-19)21(26)25-24-14-15-4-2-7-20(12-15)29-22(27)16-8-10-18(23)11-9-16/h2-14H,1H3,(H,25,26)/b24-14+.